The van der Waals surface area contributed by atoms with Crippen LogP contribution in [0, 0.1) is 5.92 Å². The molecule has 2 aliphatic rings. The quantitative estimate of drug-likeness (QED) is 0.445. The van der Waals surface area contributed by atoms with E-state index >= 15 is 0 Å². The zero-order valence-electron chi connectivity index (χ0n) is 18.1. The molecule has 3 rings (SSSR count). The molecular weight excluding hydrogens is 467 g/mol. The number of ether oxygens (including phenoxy) is 1. The first-order valence-corrected chi connectivity index (χ1v) is 11.0. The molecule has 0 bridgehead atoms. The molecule has 2 fully saturated rings. The van der Waals surface area contributed by atoms with Gasteiger partial charge in [0.15, 0.2) is 5.92 Å². The molecule has 0 saturated carbocycles. The predicted molar refractivity (Wildman–Crippen MR) is 113 cm³/mol. The lowest BCUT2D eigenvalue weighted by Crippen LogP contribution is -2.64. The van der Waals surface area contributed by atoms with Gasteiger partial charge in [0.1, 0.15) is 0 Å². The van der Waals surface area contributed by atoms with Crippen molar-refractivity contribution in [2.45, 2.75) is 31.6 Å². The molecule has 2 amide bonds. The first-order valence-electron chi connectivity index (χ1n) is 10.6. The van der Waals surface area contributed by atoms with Gasteiger partial charge in [-0.2, -0.15) is 13.2 Å². The van der Waals surface area contributed by atoms with Gasteiger partial charge >= 0.3 is 6.18 Å². The Bertz CT molecular complexity index is 807. The molecule has 0 spiro atoms. The summed E-state index contributed by atoms with van der Waals surface area (Å²) in [6, 6.07) is -1.55. The van der Waals surface area contributed by atoms with Crippen LogP contribution < -0.4 is 21.1 Å². The number of nitrogens with one attached hydrogen (secondary N) is 3. The van der Waals surface area contributed by atoms with Crippen molar-refractivity contribution in [3.05, 3.63) is 17.4 Å². The minimum atomic E-state index is -4.65. The highest BCUT2D eigenvalue weighted by Crippen LogP contribution is 2.30. The molecule has 2 unspecified atom stereocenters. The van der Waals surface area contributed by atoms with Crippen molar-refractivity contribution in [2.75, 3.05) is 50.8 Å². The average Bonchev–Trinajstić information content (AvgIpc) is 2.76. The van der Waals surface area contributed by atoms with E-state index in [1.807, 2.05) is 10.3 Å². The van der Waals surface area contributed by atoms with Gasteiger partial charge < -0.3 is 19.9 Å². The molecule has 184 valence electrons. The van der Waals surface area contributed by atoms with Crippen molar-refractivity contribution >= 4 is 29.4 Å². The van der Waals surface area contributed by atoms with Crippen LogP contribution >= 0.6 is 11.6 Å². The molecule has 0 aromatic carbocycles. The topological polar surface area (TPSA) is 112 Å². The lowest BCUT2D eigenvalue weighted by Gasteiger charge is -2.35. The zero-order chi connectivity index (χ0) is 24.0. The number of piperazine rings is 1. The monoisotopic (exact) mass is 493 g/mol. The Kier molecular flexibility index (Phi) is 8.68. The fourth-order valence-corrected chi connectivity index (χ4v) is 3.87. The minimum absolute atomic E-state index is 0.0578. The van der Waals surface area contributed by atoms with Gasteiger partial charge in [-0.25, -0.2) is 15.4 Å². The van der Waals surface area contributed by atoms with E-state index in [0.29, 0.717) is 37.1 Å². The van der Waals surface area contributed by atoms with Crippen molar-refractivity contribution < 1.29 is 27.5 Å². The van der Waals surface area contributed by atoms with Crippen LogP contribution in [0.15, 0.2) is 12.4 Å². The second-order valence-electron chi connectivity index (χ2n) is 7.96. The molecule has 2 saturated heterocycles. The van der Waals surface area contributed by atoms with E-state index < -0.39 is 30.1 Å². The van der Waals surface area contributed by atoms with E-state index in [1.165, 1.54) is 12.4 Å². The maximum Gasteiger partial charge on any atom is 0.402 e. The van der Waals surface area contributed by atoms with Crippen molar-refractivity contribution in [1.29, 1.82) is 0 Å². The molecule has 33 heavy (non-hydrogen) atoms. The van der Waals surface area contributed by atoms with E-state index in [2.05, 4.69) is 20.7 Å². The lowest BCUT2D eigenvalue weighted by atomic mass is 9.96. The number of nitrogens with zero attached hydrogens (tertiary/aromatic N) is 4. The highest BCUT2D eigenvalue weighted by Gasteiger charge is 2.51. The van der Waals surface area contributed by atoms with Crippen LogP contribution in [0.3, 0.4) is 0 Å². The summed E-state index contributed by atoms with van der Waals surface area (Å²) in [5.41, 5.74) is 4.47. The van der Waals surface area contributed by atoms with Crippen LogP contribution in [-0.4, -0.2) is 90.9 Å². The third-order valence-corrected chi connectivity index (χ3v) is 5.61. The van der Waals surface area contributed by atoms with Crippen molar-refractivity contribution in [3.8, 4) is 0 Å². The molecular formula is C19H27ClF3N7O3. The van der Waals surface area contributed by atoms with Crippen LogP contribution in [0.2, 0.25) is 5.02 Å². The number of hydrazine groups is 1. The largest absolute Gasteiger partial charge is 0.402 e. The number of hydrogen-bond donors (Lipinski definition) is 3. The molecule has 1 aromatic rings. The first-order chi connectivity index (χ1) is 15.6. The Hall–Kier alpha value is -2.22. The Labute approximate surface area is 194 Å². The average molecular weight is 494 g/mol. The third kappa shape index (κ3) is 7.13. The number of aromatic nitrogens is 2. The van der Waals surface area contributed by atoms with Gasteiger partial charge in [-0.05, 0) is 6.92 Å². The fourth-order valence-electron chi connectivity index (χ4n) is 3.77. The van der Waals surface area contributed by atoms with Crippen LogP contribution in [0.4, 0.5) is 19.1 Å². The van der Waals surface area contributed by atoms with E-state index in [1.54, 1.807) is 11.8 Å². The summed E-state index contributed by atoms with van der Waals surface area (Å²) in [4.78, 5) is 36.1. The maximum absolute atomic E-state index is 13.2. The minimum Gasteiger partial charge on any atom is -0.379 e. The molecule has 0 aliphatic carbocycles. The van der Waals surface area contributed by atoms with E-state index in [-0.39, 0.29) is 32.1 Å². The zero-order valence-corrected chi connectivity index (χ0v) is 18.8. The number of rotatable bonds is 8. The maximum atomic E-state index is 13.2. The number of anilines is 1. The molecule has 14 heteroatoms. The highest BCUT2D eigenvalue weighted by molar-refractivity contribution is 6.30. The molecule has 3 atom stereocenters. The number of hydrogen-bond acceptors (Lipinski definition) is 8. The predicted octanol–water partition coefficient (Wildman–Crippen LogP) is 0.345. The van der Waals surface area contributed by atoms with Gasteiger partial charge in [-0.1, -0.05) is 11.6 Å². The van der Waals surface area contributed by atoms with Gasteiger partial charge in [0, 0.05) is 44.8 Å². The number of carbonyl (C=O) groups excluding carboxylic acids is 2. The van der Waals surface area contributed by atoms with Crippen molar-refractivity contribution in [1.82, 2.24) is 31.0 Å². The molecule has 1 aromatic heterocycles. The number of halogens is 4. The second-order valence-corrected chi connectivity index (χ2v) is 8.39. The van der Waals surface area contributed by atoms with Gasteiger partial charge in [-0.15, -0.1) is 0 Å². The Morgan fingerprint density at radius 2 is 1.97 bits per heavy atom. The summed E-state index contributed by atoms with van der Waals surface area (Å²) in [5, 5.41) is 3.25. The molecule has 10 nitrogen and oxygen atoms in total. The van der Waals surface area contributed by atoms with Gasteiger partial charge in [-0.3, -0.25) is 15.0 Å². The van der Waals surface area contributed by atoms with Crippen LogP contribution in [0.1, 0.15) is 13.3 Å². The van der Waals surface area contributed by atoms with E-state index in [9.17, 15) is 22.8 Å². The summed E-state index contributed by atoms with van der Waals surface area (Å²) >= 11 is 5.80. The summed E-state index contributed by atoms with van der Waals surface area (Å²) < 4.78 is 45.0. The van der Waals surface area contributed by atoms with Gasteiger partial charge in [0.2, 0.25) is 17.8 Å². The third-order valence-electron chi connectivity index (χ3n) is 5.42. The number of alkyl halides is 3. The Morgan fingerprint density at radius 3 is 2.61 bits per heavy atom. The fraction of sp³-hybridized carbons (Fsp3) is 0.684. The van der Waals surface area contributed by atoms with Crippen LogP contribution in [0.25, 0.3) is 0 Å². The lowest BCUT2D eigenvalue weighted by molar-refractivity contribution is -0.193. The molecule has 3 N–H and O–H groups in total. The smallest absolute Gasteiger partial charge is 0.379 e. The van der Waals surface area contributed by atoms with Crippen LogP contribution in [0.5, 0.6) is 0 Å². The number of amides is 2. The van der Waals surface area contributed by atoms with E-state index in [4.69, 9.17) is 16.3 Å². The Morgan fingerprint density at radius 1 is 1.30 bits per heavy atom. The second kappa shape index (κ2) is 11.3. The van der Waals surface area contributed by atoms with Gasteiger partial charge in [0.25, 0.3) is 0 Å². The van der Waals surface area contributed by atoms with Gasteiger partial charge in [0.05, 0.1) is 37.1 Å². The molecule has 3 heterocycles. The van der Waals surface area contributed by atoms with Crippen LogP contribution in [-0.2, 0) is 14.3 Å². The summed E-state index contributed by atoms with van der Waals surface area (Å²) in [6.45, 7) is 4.11. The number of carbonyl (C=O) groups is 2. The molecule has 0 radical (unpaired) electrons. The summed E-state index contributed by atoms with van der Waals surface area (Å²) in [5.74, 6) is -2.75. The van der Waals surface area contributed by atoms with E-state index in [0.717, 1.165) is 0 Å². The molecule has 2 aliphatic heterocycles. The first kappa shape index (κ1) is 25.4. The Balaban J connectivity index is 1.34. The summed E-state index contributed by atoms with van der Waals surface area (Å²) in [6.07, 6.45) is -1.43. The summed E-state index contributed by atoms with van der Waals surface area (Å²) in [7, 11) is 0. The van der Waals surface area contributed by atoms with Crippen molar-refractivity contribution in [3.63, 3.8) is 0 Å². The highest BCUT2D eigenvalue weighted by atomic mass is 35.5. The SMILES string of the molecule is C[C@@H](COCCC(=O)N1CCN(c2ncc(Cl)cn2)CC1)NC1CNNC(=O)C1C(F)(F)F. The van der Waals surface area contributed by atoms with Crippen molar-refractivity contribution in [2.24, 2.45) is 5.92 Å². The normalized spacial score (nSPS) is 22.8. The standard InChI is InChI=1S/C19H27ClF3N7O3/c1-12(27-14-10-26-28-17(32)16(14)19(21,22)23)11-33-7-2-15(31)29-3-5-30(6-4-29)18-24-8-13(20)9-25-18/h8-9,12,14,16,26-27H,2-7,10-11H2,1H3,(H,28,32)/t12-,14?,16?/m0/s1.